The van der Waals surface area contributed by atoms with Crippen LogP contribution in [0.1, 0.15) is 55.1 Å². The summed E-state index contributed by atoms with van der Waals surface area (Å²) in [5.74, 6) is -2.37. The number of para-hydroxylation sites is 2. The maximum absolute atomic E-state index is 14.9. The molecule has 0 fully saturated rings. The second kappa shape index (κ2) is 22.5. The van der Waals surface area contributed by atoms with Gasteiger partial charge in [0.2, 0.25) is 11.6 Å². The average molecular weight is 922 g/mol. The third-order valence-electron chi connectivity index (χ3n) is 8.72. The van der Waals surface area contributed by atoms with E-state index in [1.54, 1.807) is 30.3 Å². The van der Waals surface area contributed by atoms with Crippen LogP contribution in [0.25, 0.3) is 11.6 Å². The highest BCUT2D eigenvalue weighted by Gasteiger charge is 2.35. The van der Waals surface area contributed by atoms with E-state index in [1.165, 1.54) is 68.0 Å². The number of aromatic nitrogens is 4. The normalized spacial score (nSPS) is 11.1. The fraction of sp³-hybridized carbons (Fsp3) is 0.317. The predicted molar refractivity (Wildman–Crippen MR) is 224 cm³/mol. The van der Waals surface area contributed by atoms with Crippen LogP contribution in [-0.4, -0.2) is 90.9 Å². The van der Waals surface area contributed by atoms with Crippen LogP contribution >= 0.6 is 0 Å². The number of methoxy groups -OCH3 is 1. The third-order valence-corrected chi connectivity index (χ3v) is 10.4. The number of rotatable bonds is 23. The summed E-state index contributed by atoms with van der Waals surface area (Å²) < 4.78 is 64.1. The first kappa shape index (κ1) is 48.1. The van der Waals surface area contributed by atoms with E-state index >= 15 is 0 Å². The molecule has 0 unspecified atom stereocenters. The van der Waals surface area contributed by atoms with Crippen molar-refractivity contribution in [2.24, 2.45) is 0 Å². The van der Waals surface area contributed by atoms with E-state index in [9.17, 15) is 38.2 Å². The first-order valence-corrected chi connectivity index (χ1v) is 20.9. The number of hydrogen-bond donors (Lipinski definition) is 0. The molecule has 2 aromatic heterocycles. The van der Waals surface area contributed by atoms with E-state index in [0.29, 0.717) is 9.87 Å². The molecule has 24 heteroatoms. The number of carbonyl (C=O) groups excluding carboxylic acids is 2. The smallest absolute Gasteiger partial charge is 0.493 e. The molecular weight excluding hydrogens is 879 g/mol. The van der Waals surface area contributed by atoms with Gasteiger partial charge in [0.15, 0.2) is 29.9 Å². The fourth-order valence-corrected chi connectivity index (χ4v) is 6.80. The average Bonchev–Trinajstić information content (AvgIpc) is 3.29. The van der Waals surface area contributed by atoms with Gasteiger partial charge in [-0.05, 0) is 71.8 Å². The Balaban J connectivity index is 1.57. The lowest BCUT2D eigenvalue weighted by atomic mass is 9.87. The van der Waals surface area contributed by atoms with Crippen molar-refractivity contribution in [3.63, 3.8) is 0 Å². The van der Waals surface area contributed by atoms with Crippen LogP contribution in [-0.2, 0) is 45.9 Å². The van der Waals surface area contributed by atoms with E-state index < -0.39 is 76.3 Å². The van der Waals surface area contributed by atoms with Crippen LogP contribution in [0, 0.1) is 20.2 Å². The maximum Gasteiger partial charge on any atom is 0.510 e. The van der Waals surface area contributed by atoms with E-state index in [2.05, 4.69) is 29.6 Å². The van der Waals surface area contributed by atoms with Crippen LogP contribution in [0.2, 0.25) is 0 Å². The molecule has 344 valence electrons. The standard InChI is InChI=1S/C41H43N7O16S/c1-41(2,3)30-15-17-31(18-16-30)65(55,56)46(27-61-40(50)60-21-7-8-22-62-47(51)52)37-34(64-33-14-6-5-13-32(33)57-4)38(45-36(44-37)35-42-19-10-20-43-35)58-23-24-59-39(49)29-12-9-11-28(25-29)26-63-48(53)54/h5-6,9-20,25H,7-8,21-24,26-27H2,1-4H3. The molecule has 0 N–H and O–H groups in total. The van der Waals surface area contributed by atoms with Gasteiger partial charge in [-0.25, -0.2) is 37.3 Å². The molecule has 0 spiro atoms. The summed E-state index contributed by atoms with van der Waals surface area (Å²) in [5.41, 5.74) is 0.846. The van der Waals surface area contributed by atoms with Crippen molar-refractivity contribution in [2.75, 3.05) is 44.6 Å². The number of benzene rings is 3. The summed E-state index contributed by atoms with van der Waals surface area (Å²) in [6.45, 7) is 3.06. The van der Waals surface area contributed by atoms with Crippen LogP contribution in [0.3, 0.4) is 0 Å². The molecule has 0 aliphatic heterocycles. The number of nitrogens with zero attached hydrogens (tertiary/aromatic N) is 7. The zero-order valence-electron chi connectivity index (χ0n) is 35.4. The number of unbranched alkanes of at least 4 members (excludes halogenated alkanes) is 1. The number of esters is 1. The quantitative estimate of drug-likeness (QED) is 0.0229. The minimum atomic E-state index is -4.77. The number of carbonyl (C=O) groups is 2. The summed E-state index contributed by atoms with van der Waals surface area (Å²) in [4.78, 5) is 73.0. The van der Waals surface area contributed by atoms with E-state index in [1.807, 2.05) is 20.8 Å². The molecule has 0 aliphatic carbocycles. The molecule has 0 amide bonds. The molecule has 3 aromatic carbocycles. The minimum Gasteiger partial charge on any atom is -0.493 e. The molecule has 2 heterocycles. The van der Waals surface area contributed by atoms with Crippen molar-refractivity contribution in [1.82, 2.24) is 19.9 Å². The molecular formula is C41H43N7O16S. The van der Waals surface area contributed by atoms with Gasteiger partial charge in [-0.2, -0.15) is 4.98 Å². The highest BCUT2D eigenvalue weighted by Crippen LogP contribution is 2.43. The van der Waals surface area contributed by atoms with E-state index in [4.69, 9.17) is 28.4 Å². The van der Waals surface area contributed by atoms with Gasteiger partial charge < -0.3 is 38.1 Å². The molecule has 23 nitrogen and oxygen atoms in total. The van der Waals surface area contributed by atoms with Gasteiger partial charge in [-0.3, -0.25) is 0 Å². The van der Waals surface area contributed by atoms with Crippen molar-refractivity contribution in [2.45, 2.75) is 50.5 Å². The summed E-state index contributed by atoms with van der Waals surface area (Å²) in [5, 5.41) is 19.2. The fourth-order valence-electron chi connectivity index (χ4n) is 5.52. The summed E-state index contributed by atoms with van der Waals surface area (Å²) in [7, 11) is -3.40. The lowest BCUT2D eigenvalue weighted by Gasteiger charge is -2.26. The summed E-state index contributed by atoms with van der Waals surface area (Å²) in [6, 6.07) is 19.6. The molecule has 0 radical (unpaired) electrons. The number of sulfonamides is 1. The Bertz CT molecular complexity index is 2540. The summed E-state index contributed by atoms with van der Waals surface area (Å²) in [6.07, 6.45) is 1.78. The molecule has 5 rings (SSSR count). The number of hydrogen-bond acceptors (Lipinski definition) is 20. The Labute approximate surface area is 371 Å². The van der Waals surface area contributed by atoms with E-state index in [0.717, 1.165) is 5.56 Å². The van der Waals surface area contributed by atoms with Crippen molar-refractivity contribution in [3.8, 4) is 34.8 Å². The molecule has 65 heavy (non-hydrogen) atoms. The highest BCUT2D eigenvalue weighted by molar-refractivity contribution is 7.92. The maximum atomic E-state index is 14.9. The molecule has 0 saturated heterocycles. The Morgan fingerprint density at radius 2 is 1.45 bits per heavy atom. The lowest BCUT2D eigenvalue weighted by Crippen LogP contribution is -2.36. The largest absolute Gasteiger partial charge is 0.510 e. The van der Waals surface area contributed by atoms with Crippen molar-refractivity contribution >= 4 is 28.0 Å². The Kier molecular flexibility index (Phi) is 16.6. The predicted octanol–water partition coefficient (Wildman–Crippen LogP) is 6.27. The Morgan fingerprint density at radius 3 is 2.12 bits per heavy atom. The third kappa shape index (κ3) is 13.8. The first-order valence-electron chi connectivity index (χ1n) is 19.4. The van der Waals surface area contributed by atoms with Gasteiger partial charge in [0.25, 0.3) is 26.1 Å². The SMILES string of the molecule is COc1ccccc1Oc1c(OCCOC(=O)c2cccc(CO[N+](=O)[O-])c2)nc(-c2ncccn2)nc1N(COC(=O)OCCCCO[N+](=O)[O-])S(=O)(=O)c1ccc(C(C)(C)C)cc1. The van der Waals surface area contributed by atoms with Crippen molar-refractivity contribution < 1.29 is 66.3 Å². The van der Waals surface area contributed by atoms with Gasteiger partial charge in [0.05, 0.1) is 30.8 Å². The summed E-state index contributed by atoms with van der Waals surface area (Å²) >= 11 is 0. The van der Waals surface area contributed by atoms with Crippen LogP contribution in [0.4, 0.5) is 10.6 Å². The molecule has 0 atom stereocenters. The molecule has 0 saturated carbocycles. The number of ether oxygens (including phenoxy) is 6. The zero-order valence-corrected chi connectivity index (χ0v) is 36.2. The lowest BCUT2D eigenvalue weighted by molar-refractivity contribution is -0.763. The number of anilines is 1. The van der Waals surface area contributed by atoms with Crippen molar-refractivity contribution in [3.05, 3.63) is 128 Å². The molecule has 0 bridgehead atoms. The second-order valence-electron chi connectivity index (χ2n) is 14.3. The second-order valence-corrected chi connectivity index (χ2v) is 16.1. The topological polar surface area (TPSA) is 283 Å². The van der Waals surface area contributed by atoms with Gasteiger partial charge in [0, 0.05) is 12.4 Å². The van der Waals surface area contributed by atoms with Crippen LogP contribution in [0.15, 0.2) is 96.2 Å². The highest BCUT2D eigenvalue weighted by atomic mass is 32.2. The van der Waals surface area contributed by atoms with Crippen molar-refractivity contribution in [1.29, 1.82) is 0 Å². The Hall–Kier alpha value is -7.89. The first-order chi connectivity index (χ1) is 31.1. The molecule has 0 aliphatic rings. The van der Waals surface area contributed by atoms with Gasteiger partial charge in [-0.15, -0.1) is 20.2 Å². The van der Waals surface area contributed by atoms with E-state index in [-0.39, 0.29) is 65.1 Å². The van der Waals surface area contributed by atoms with Crippen LogP contribution in [0.5, 0.6) is 23.1 Å². The van der Waals surface area contributed by atoms with Gasteiger partial charge >= 0.3 is 12.1 Å². The van der Waals surface area contributed by atoms with Gasteiger partial charge in [-0.1, -0.05) is 57.2 Å². The Morgan fingerprint density at radius 1 is 0.754 bits per heavy atom. The minimum absolute atomic E-state index is 0.0362. The van der Waals surface area contributed by atoms with Crippen LogP contribution < -0.4 is 18.5 Å². The molecule has 5 aromatic rings. The van der Waals surface area contributed by atoms with Gasteiger partial charge in [0.1, 0.15) is 19.8 Å². The monoisotopic (exact) mass is 921 g/mol. The zero-order chi connectivity index (χ0) is 47.0.